The Hall–Kier alpha value is -1.73. The third-order valence-electron chi connectivity index (χ3n) is 4.39. The van der Waals surface area contributed by atoms with Crippen molar-refractivity contribution in [3.8, 4) is 11.3 Å². The molecule has 7 heteroatoms. The Kier molecular flexibility index (Phi) is 4.72. The van der Waals surface area contributed by atoms with Crippen molar-refractivity contribution in [2.75, 3.05) is 11.5 Å². The second kappa shape index (κ2) is 6.53. The number of benzene rings is 1. The van der Waals surface area contributed by atoms with Gasteiger partial charge in [-0.1, -0.05) is 29.8 Å². The lowest BCUT2D eigenvalue weighted by molar-refractivity contribution is -0.121. The molecule has 1 amide bonds. The SMILES string of the molecule is Cc1ccc(-c2nc(C)sc2CC(=O)NC2(C)CCS(=O)(=O)C2)cc1. The van der Waals surface area contributed by atoms with Crippen LogP contribution < -0.4 is 5.32 Å². The van der Waals surface area contributed by atoms with Gasteiger partial charge in [-0.25, -0.2) is 13.4 Å². The molecule has 1 aromatic heterocycles. The molecule has 0 bridgehead atoms. The fourth-order valence-corrected chi connectivity index (χ4v) is 6.21. The molecule has 0 aliphatic carbocycles. The van der Waals surface area contributed by atoms with E-state index in [1.54, 1.807) is 6.92 Å². The summed E-state index contributed by atoms with van der Waals surface area (Å²) in [5.41, 5.74) is 2.33. The average molecular weight is 379 g/mol. The zero-order valence-corrected chi connectivity index (χ0v) is 16.3. The number of carbonyl (C=O) groups is 1. The minimum atomic E-state index is -3.05. The number of nitrogens with one attached hydrogen (secondary N) is 1. The van der Waals surface area contributed by atoms with Crippen molar-refractivity contribution < 1.29 is 13.2 Å². The van der Waals surface area contributed by atoms with E-state index in [4.69, 9.17) is 0 Å². The Morgan fingerprint density at radius 2 is 1.96 bits per heavy atom. The van der Waals surface area contributed by atoms with Crippen LogP contribution in [-0.4, -0.2) is 36.4 Å². The first-order chi connectivity index (χ1) is 11.7. The second-order valence-corrected chi connectivity index (χ2v) is 10.5. The summed E-state index contributed by atoms with van der Waals surface area (Å²) >= 11 is 1.51. The molecule has 0 radical (unpaired) electrons. The van der Waals surface area contributed by atoms with E-state index in [1.807, 2.05) is 38.1 Å². The molecular weight excluding hydrogens is 356 g/mol. The molecule has 0 saturated carbocycles. The van der Waals surface area contributed by atoms with Crippen LogP contribution in [0.4, 0.5) is 0 Å². The molecule has 1 atom stereocenters. The lowest BCUT2D eigenvalue weighted by atomic mass is 10.0. The largest absolute Gasteiger partial charge is 0.350 e. The highest BCUT2D eigenvalue weighted by Crippen LogP contribution is 2.29. The number of aryl methyl sites for hydroxylation is 2. The van der Waals surface area contributed by atoms with Crippen LogP contribution >= 0.6 is 11.3 Å². The van der Waals surface area contributed by atoms with Crippen LogP contribution in [0.1, 0.15) is 28.8 Å². The van der Waals surface area contributed by atoms with Gasteiger partial charge in [0, 0.05) is 10.4 Å². The molecule has 1 fully saturated rings. The third kappa shape index (κ3) is 4.27. The molecule has 0 spiro atoms. The average Bonchev–Trinajstić information content (AvgIpc) is 2.99. The first-order valence-electron chi connectivity index (χ1n) is 8.21. The van der Waals surface area contributed by atoms with E-state index in [9.17, 15) is 13.2 Å². The summed E-state index contributed by atoms with van der Waals surface area (Å²) in [7, 11) is -3.05. The van der Waals surface area contributed by atoms with Gasteiger partial charge in [-0.15, -0.1) is 11.3 Å². The van der Waals surface area contributed by atoms with E-state index < -0.39 is 15.4 Å². The monoisotopic (exact) mass is 378 g/mol. The molecule has 2 heterocycles. The van der Waals surface area contributed by atoms with Crippen molar-refractivity contribution >= 4 is 27.1 Å². The van der Waals surface area contributed by atoms with E-state index in [0.29, 0.717) is 6.42 Å². The zero-order chi connectivity index (χ0) is 18.2. The summed E-state index contributed by atoms with van der Waals surface area (Å²) in [5, 5.41) is 3.83. The Morgan fingerprint density at radius 3 is 2.56 bits per heavy atom. The Balaban J connectivity index is 1.77. The molecule has 5 nitrogen and oxygen atoms in total. The van der Waals surface area contributed by atoms with Crippen LogP contribution in [0.25, 0.3) is 11.3 Å². The minimum absolute atomic E-state index is 0.0122. The number of nitrogens with zero attached hydrogens (tertiary/aromatic N) is 1. The highest BCUT2D eigenvalue weighted by atomic mass is 32.2. The lowest BCUT2D eigenvalue weighted by Gasteiger charge is -2.23. The Labute approximate surface area is 152 Å². The number of sulfone groups is 1. The van der Waals surface area contributed by atoms with Gasteiger partial charge in [0.2, 0.25) is 5.91 Å². The van der Waals surface area contributed by atoms with E-state index in [2.05, 4.69) is 10.3 Å². The number of carbonyl (C=O) groups excluding carboxylic acids is 1. The quantitative estimate of drug-likeness (QED) is 0.887. The van der Waals surface area contributed by atoms with E-state index in [0.717, 1.165) is 21.1 Å². The van der Waals surface area contributed by atoms with Gasteiger partial charge in [0.1, 0.15) is 0 Å². The number of rotatable bonds is 4. The molecule has 1 aliphatic rings. The van der Waals surface area contributed by atoms with Crippen molar-refractivity contribution in [3.63, 3.8) is 0 Å². The van der Waals surface area contributed by atoms with Gasteiger partial charge in [-0.05, 0) is 27.2 Å². The Bertz CT molecular complexity index is 901. The molecule has 3 rings (SSSR count). The predicted octanol–water partition coefficient (Wildman–Crippen LogP) is 2.66. The summed E-state index contributed by atoms with van der Waals surface area (Å²) in [5.74, 6) is -0.00677. The summed E-state index contributed by atoms with van der Waals surface area (Å²) in [6, 6.07) is 8.07. The maximum absolute atomic E-state index is 12.5. The fraction of sp³-hybridized carbons (Fsp3) is 0.444. The highest BCUT2D eigenvalue weighted by Gasteiger charge is 2.39. The van der Waals surface area contributed by atoms with Crippen LogP contribution in [0.15, 0.2) is 24.3 Å². The first kappa shape index (κ1) is 18.1. The van der Waals surface area contributed by atoms with Gasteiger partial charge < -0.3 is 5.32 Å². The molecule has 1 unspecified atom stereocenters. The summed E-state index contributed by atoms with van der Waals surface area (Å²) in [6.07, 6.45) is 0.679. The van der Waals surface area contributed by atoms with Crippen molar-refractivity contribution in [1.82, 2.24) is 10.3 Å². The number of thiazole rings is 1. The van der Waals surface area contributed by atoms with Gasteiger partial charge in [-0.3, -0.25) is 4.79 Å². The maximum Gasteiger partial charge on any atom is 0.225 e. The van der Waals surface area contributed by atoms with E-state index in [1.165, 1.54) is 16.9 Å². The smallest absolute Gasteiger partial charge is 0.225 e. The van der Waals surface area contributed by atoms with Crippen LogP contribution in [0.5, 0.6) is 0 Å². The fourth-order valence-electron chi connectivity index (χ4n) is 3.16. The molecule has 1 aliphatic heterocycles. The number of hydrogen-bond acceptors (Lipinski definition) is 5. The van der Waals surface area contributed by atoms with E-state index >= 15 is 0 Å². The van der Waals surface area contributed by atoms with Crippen molar-refractivity contribution in [2.45, 2.75) is 39.2 Å². The molecular formula is C18H22N2O3S2. The lowest BCUT2D eigenvalue weighted by Crippen LogP contribution is -2.47. The van der Waals surface area contributed by atoms with Gasteiger partial charge in [0.15, 0.2) is 9.84 Å². The van der Waals surface area contributed by atoms with Crippen molar-refractivity contribution in [3.05, 3.63) is 39.7 Å². The van der Waals surface area contributed by atoms with Crippen molar-refractivity contribution in [2.24, 2.45) is 0 Å². The molecule has 1 N–H and O–H groups in total. The molecule has 25 heavy (non-hydrogen) atoms. The molecule has 1 aromatic carbocycles. The topological polar surface area (TPSA) is 76.1 Å². The second-order valence-electron chi connectivity index (χ2n) is 7.00. The number of amides is 1. The molecule has 1 saturated heterocycles. The molecule has 134 valence electrons. The van der Waals surface area contributed by atoms with E-state index in [-0.39, 0.29) is 23.8 Å². The zero-order valence-electron chi connectivity index (χ0n) is 14.6. The van der Waals surface area contributed by atoms with Gasteiger partial charge >= 0.3 is 0 Å². The summed E-state index contributed by atoms with van der Waals surface area (Å²) in [4.78, 5) is 18.0. The van der Waals surface area contributed by atoms with Gasteiger partial charge in [0.05, 0.1) is 34.2 Å². The van der Waals surface area contributed by atoms with Crippen LogP contribution in [-0.2, 0) is 21.1 Å². The highest BCUT2D eigenvalue weighted by molar-refractivity contribution is 7.91. The number of aromatic nitrogens is 1. The first-order valence-corrected chi connectivity index (χ1v) is 10.8. The number of hydrogen-bond donors (Lipinski definition) is 1. The maximum atomic E-state index is 12.5. The van der Waals surface area contributed by atoms with Crippen LogP contribution in [0.3, 0.4) is 0 Å². The van der Waals surface area contributed by atoms with Gasteiger partial charge in [-0.2, -0.15) is 0 Å². The van der Waals surface area contributed by atoms with Crippen LogP contribution in [0, 0.1) is 13.8 Å². The summed E-state index contributed by atoms with van der Waals surface area (Å²) < 4.78 is 23.4. The summed E-state index contributed by atoms with van der Waals surface area (Å²) in [6.45, 7) is 5.75. The third-order valence-corrected chi connectivity index (χ3v) is 7.27. The van der Waals surface area contributed by atoms with Crippen LogP contribution in [0.2, 0.25) is 0 Å². The Morgan fingerprint density at radius 1 is 1.28 bits per heavy atom. The van der Waals surface area contributed by atoms with Crippen molar-refractivity contribution in [1.29, 1.82) is 0 Å². The minimum Gasteiger partial charge on any atom is -0.350 e. The molecule has 2 aromatic rings. The standard InChI is InChI=1S/C18H22N2O3S2/c1-12-4-6-14(7-5-12)17-15(24-13(2)19-17)10-16(21)20-18(3)8-9-25(22,23)11-18/h4-7H,8-11H2,1-3H3,(H,20,21). The predicted molar refractivity (Wildman–Crippen MR) is 101 cm³/mol. The van der Waals surface area contributed by atoms with Gasteiger partial charge in [0.25, 0.3) is 0 Å². The normalized spacial score (nSPS) is 22.0.